The second-order valence-corrected chi connectivity index (χ2v) is 8.75. The van der Waals surface area contributed by atoms with E-state index in [0.717, 1.165) is 42.4 Å². The van der Waals surface area contributed by atoms with Crippen molar-refractivity contribution in [2.24, 2.45) is 11.0 Å². The molecule has 2 aromatic rings. The lowest BCUT2D eigenvalue weighted by Crippen LogP contribution is -2.38. The number of methoxy groups -OCH3 is 1. The Bertz CT molecular complexity index is 1070. The van der Waals surface area contributed by atoms with Crippen LogP contribution in [0, 0.1) is 5.92 Å². The molecule has 0 bridgehead atoms. The van der Waals surface area contributed by atoms with Crippen LogP contribution in [0.2, 0.25) is 0 Å². The number of carboxylic acids is 1. The van der Waals surface area contributed by atoms with Crippen LogP contribution in [-0.4, -0.2) is 55.3 Å². The molecule has 0 unspecified atom stereocenters. The Morgan fingerprint density at radius 3 is 2.37 bits per heavy atom. The van der Waals surface area contributed by atoms with E-state index in [4.69, 9.17) is 9.47 Å². The molecule has 2 aromatic carbocycles. The number of hydrogen-bond acceptors (Lipinski definition) is 6. The van der Waals surface area contributed by atoms with Crippen LogP contribution in [0.4, 0.5) is 24.5 Å². The molecule has 1 saturated heterocycles. The number of para-hydroxylation sites is 2. The molecule has 1 N–H and O–H groups in total. The molecular weight excluding hydrogens is 463 g/mol. The third kappa shape index (κ3) is 5.47. The standard InChI is InChI=1S/C25H28F3N3O4/c1-16-21(15-23(32)33)31(29-24(16)25(26,27)28)17-7-9-18(10-8-17)35-19-11-13-30(14-12-19)20-5-3-4-6-22(20)34-2/h3-10,16,19,21H,11-15H2,1-2H3,(H,32,33)/t16-,21-/m0/s1. The summed E-state index contributed by atoms with van der Waals surface area (Å²) in [6.45, 7) is 2.97. The highest BCUT2D eigenvalue weighted by Gasteiger charge is 2.48. The van der Waals surface area contributed by atoms with Crippen LogP contribution in [-0.2, 0) is 4.79 Å². The molecule has 0 aromatic heterocycles. The van der Waals surface area contributed by atoms with Crippen molar-refractivity contribution in [1.82, 2.24) is 0 Å². The van der Waals surface area contributed by atoms with E-state index in [1.165, 1.54) is 6.92 Å². The molecule has 0 spiro atoms. The lowest BCUT2D eigenvalue weighted by atomic mass is 9.94. The van der Waals surface area contributed by atoms with Crippen molar-refractivity contribution in [1.29, 1.82) is 0 Å². The van der Waals surface area contributed by atoms with Crippen molar-refractivity contribution in [3.63, 3.8) is 0 Å². The van der Waals surface area contributed by atoms with Gasteiger partial charge in [-0.2, -0.15) is 18.3 Å². The van der Waals surface area contributed by atoms with Gasteiger partial charge in [0.2, 0.25) is 0 Å². The van der Waals surface area contributed by atoms with E-state index in [0.29, 0.717) is 11.4 Å². The van der Waals surface area contributed by atoms with Gasteiger partial charge in [0.05, 0.1) is 30.9 Å². The number of carboxylic acid groups (broad SMARTS) is 1. The molecule has 2 atom stereocenters. The summed E-state index contributed by atoms with van der Waals surface area (Å²) in [7, 11) is 1.65. The molecule has 2 aliphatic rings. The Kier molecular flexibility index (Phi) is 7.09. The summed E-state index contributed by atoms with van der Waals surface area (Å²) in [5, 5.41) is 14.1. The first kappa shape index (κ1) is 24.7. The summed E-state index contributed by atoms with van der Waals surface area (Å²) in [4.78, 5) is 13.5. The molecular formula is C25H28F3N3O4. The lowest BCUT2D eigenvalue weighted by Gasteiger charge is -2.34. The largest absolute Gasteiger partial charge is 0.495 e. The number of anilines is 2. The van der Waals surface area contributed by atoms with Gasteiger partial charge >= 0.3 is 12.1 Å². The molecule has 2 heterocycles. The molecule has 188 valence electrons. The van der Waals surface area contributed by atoms with Crippen molar-refractivity contribution in [2.45, 2.75) is 44.5 Å². The van der Waals surface area contributed by atoms with Gasteiger partial charge in [0, 0.05) is 31.8 Å². The Morgan fingerprint density at radius 1 is 1.11 bits per heavy atom. The summed E-state index contributed by atoms with van der Waals surface area (Å²) in [5.74, 6) is -0.803. The van der Waals surface area contributed by atoms with E-state index in [1.807, 2.05) is 24.3 Å². The second-order valence-electron chi connectivity index (χ2n) is 8.75. The fourth-order valence-corrected chi connectivity index (χ4v) is 4.66. The Balaban J connectivity index is 1.41. The predicted octanol–water partition coefficient (Wildman–Crippen LogP) is 4.96. The minimum atomic E-state index is -4.62. The van der Waals surface area contributed by atoms with Crippen molar-refractivity contribution >= 4 is 23.1 Å². The van der Waals surface area contributed by atoms with Crippen LogP contribution in [0.15, 0.2) is 53.6 Å². The zero-order valence-corrected chi connectivity index (χ0v) is 19.5. The number of ether oxygens (including phenoxy) is 2. The fraction of sp³-hybridized carbons (Fsp3) is 0.440. The number of nitrogens with zero attached hydrogens (tertiary/aromatic N) is 3. The van der Waals surface area contributed by atoms with E-state index in [1.54, 1.807) is 31.4 Å². The number of alkyl halides is 3. The first-order valence-electron chi connectivity index (χ1n) is 11.5. The summed E-state index contributed by atoms with van der Waals surface area (Å²) >= 11 is 0. The molecule has 2 aliphatic heterocycles. The van der Waals surface area contributed by atoms with Gasteiger partial charge < -0.3 is 19.5 Å². The van der Waals surface area contributed by atoms with Crippen molar-refractivity contribution < 1.29 is 32.5 Å². The Morgan fingerprint density at radius 2 is 1.77 bits per heavy atom. The number of rotatable bonds is 7. The molecule has 0 saturated carbocycles. The zero-order valence-electron chi connectivity index (χ0n) is 19.5. The van der Waals surface area contributed by atoms with Crippen LogP contribution in [0.3, 0.4) is 0 Å². The van der Waals surface area contributed by atoms with Gasteiger partial charge in [0.25, 0.3) is 0 Å². The van der Waals surface area contributed by atoms with Crippen LogP contribution < -0.4 is 19.4 Å². The maximum Gasteiger partial charge on any atom is 0.431 e. The molecule has 0 radical (unpaired) electrons. The zero-order chi connectivity index (χ0) is 25.2. The average molecular weight is 492 g/mol. The molecule has 4 rings (SSSR count). The van der Waals surface area contributed by atoms with E-state index < -0.39 is 36.2 Å². The maximum atomic E-state index is 13.4. The van der Waals surface area contributed by atoms with Gasteiger partial charge in [-0.05, 0) is 36.4 Å². The number of aliphatic carboxylic acids is 1. The van der Waals surface area contributed by atoms with Crippen LogP contribution in [0.5, 0.6) is 11.5 Å². The predicted molar refractivity (Wildman–Crippen MR) is 126 cm³/mol. The highest BCUT2D eigenvalue weighted by atomic mass is 19.4. The maximum absolute atomic E-state index is 13.4. The Labute approximate surface area is 201 Å². The quantitative estimate of drug-likeness (QED) is 0.590. The lowest BCUT2D eigenvalue weighted by molar-refractivity contribution is -0.137. The SMILES string of the molecule is COc1ccccc1N1CCC(Oc2ccc(N3N=C(C(F)(F)F)[C@@H](C)[C@@H]3CC(=O)O)cc2)CC1. The van der Waals surface area contributed by atoms with Gasteiger partial charge in [0.15, 0.2) is 0 Å². The number of hydrogen-bond donors (Lipinski definition) is 1. The molecule has 1 fully saturated rings. The van der Waals surface area contributed by atoms with Crippen molar-refractivity contribution in [3.8, 4) is 11.5 Å². The average Bonchev–Trinajstić information content (AvgIpc) is 3.16. The van der Waals surface area contributed by atoms with E-state index in [2.05, 4.69) is 10.0 Å². The molecule has 0 aliphatic carbocycles. The van der Waals surface area contributed by atoms with Gasteiger partial charge in [0.1, 0.15) is 23.3 Å². The normalized spacial score (nSPS) is 21.1. The minimum Gasteiger partial charge on any atom is -0.495 e. The summed E-state index contributed by atoms with van der Waals surface area (Å²) in [6, 6.07) is 13.6. The Hall–Kier alpha value is -3.43. The minimum absolute atomic E-state index is 0.00762. The number of halogens is 3. The van der Waals surface area contributed by atoms with Crippen LogP contribution in [0.25, 0.3) is 0 Å². The summed E-state index contributed by atoms with van der Waals surface area (Å²) in [5.41, 5.74) is 0.471. The monoisotopic (exact) mass is 491 g/mol. The highest BCUT2D eigenvalue weighted by molar-refractivity contribution is 5.95. The smallest absolute Gasteiger partial charge is 0.431 e. The van der Waals surface area contributed by atoms with Crippen molar-refractivity contribution in [3.05, 3.63) is 48.5 Å². The number of carbonyl (C=O) groups is 1. The number of piperidine rings is 1. The molecule has 10 heteroatoms. The van der Waals surface area contributed by atoms with Gasteiger partial charge in [-0.1, -0.05) is 19.1 Å². The summed E-state index contributed by atoms with van der Waals surface area (Å²) < 4.78 is 51.7. The van der Waals surface area contributed by atoms with Gasteiger partial charge in [-0.3, -0.25) is 9.80 Å². The van der Waals surface area contributed by atoms with E-state index in [-0.39, 0.29) is 6.10 Å². The van der Waals surface area contributed by atoms with Crippen molar-refractivity contribution in [2.75, 3.05) is 30.1 Å². The van der Waals surface area contributed by atoms with E-state index >= 15 is 0 Å². The molecule has 0 amide bonds. The first-order valence-corrected chi connectivity index (χ1v) is 11.5. The number of benzene rings is 2. The highest BCUT2D eigenvalue weighted by Crippen LogP contribution is 2.37. The topological polar surface area (TPSA) is 74.6 Å². The fourth-order valence-electron chi connectivity index (χ4n) is 4.66. The second kappa shape index (κ2) is 10.1. The summed E-state index contributed by atoms with van der Waals surface area (Å²) in [6.07, 6.45) is -3.44. The third-order valence-electron chi connectivity index (χ3n) is 6.48. The molecule has 35 heavy (non-hydrogen) atoms. The van der Waals surface area contributed by atoms with Crippen LogP contribution in [0.1, 0.15) is 26.2 Å². The number of hydrazone groups is 1. The van der Waals surface area contributed by atoms with Gasteiger partial charge in [-0.25, -0.2) is 0 Å². The third-order valence-corrected chi connectivity index (χ3v) is 6.48. The van der Waals surface area contributed by atoms with Crippen LogP contribution >= 0.6 is 0 Å². The first-order chi connectivity index (χ1) is 16.7. The van der Waals surface area contributed by atoms with E-state index in [9.17, 15) is 23.1 Å². The van der Waals surface area contributed by atoms with Gasteiger partial charge in [-0.15, -0.1) is 0 Å². The molecule has 7 nitrogen and oxygen atoms in total.